The third-order valence-electron chi connectivity index (χ3n) is 2.72. The smallest absolute Gasteiger partial charge is 0.269 e. The van der Waals surface area contributed by atoms with Crippen LogP contribution in [0.1, 0.15) is 42.1 Å². The average Bonchev–Trinajstić information content (AvgIpc) is 2.49. The van der Waals surface area contributed by atoms with Crippen LogP contribution < -0.4 is 0 Å². The molecule has 0 aliphatic heterocycles. The van der Waals surface area contributed by atoms with Gasteiger partial charge in [0.05, 0.1) is 17.5 Å². The Morgan fingerprint density at radius 3 is 2.41 bits per heavy atom. The molecule has 6 heteroatoms. The Morgan fingerprint density at radius 2 is 1.94 bits per heavy atom. The van der Waals surface area contributed by atoms with Gasteiger partial charge >= 0.3 is 6.18 Å². The Kier molecular flexibility index (Phi) is 4.47. The van der Waals surface area contributed by atoms with Gasteiger partial charge in [0.25, 0.3) is 0 Å². The van der Waals surface area contributed by atoms with Gasteiger partial charge in [-0.05, 0) is 20.3 Å². The molecule has 1 aromatic rings. The first kappa shape index (κ1) is 14.4. The number of alkyl halides is 4. The van der Waals surface area contributed by atoms with E-state index in [0.29, 0.717) is 5.69 Å². The maximum atomic E-state index is 12.1. The Labute approximate surface area is 104 Å². The number of hydrogen-bond donors (Lipinski definition) is 0. The summed E-state index contributed by atoms with van der Waals surface area (Å²) in [6.45, 7) is 5.32. The maximum Gasteiger partial charge on any atom is 0.390 e. The topological polar surface area (TPSA) is 17.8 Å². The van der Waals surface area contributed by atoms with Crippen LogP contribution in [-0.2, 0) is 6.54 Å². The van der Waals surface area contributed by atoms with E-state index in [1.807, 2.05) is 6.92 Å². The third-order valence-corrected chi connectivity index (χ3v) is 3.24. The lowest BCUT2D eigenvalue weighted by Gasteiger charge is -2.09. The van der Waals surface area contributed by atoms with Crippen molar-refractivity contribution in [3.63, 3.8) is 0 Å². The predicted octanol–water partition coefficient (Wildman–Crippen LogP) is 4.14. The molecule has 1 rings (SSSR count). The normalized spacial score (nSPS) is 14.1. The zero-order valence-electron chi connectivity index (χ0n) is 10.1. The van der Waals surface area contributed by atoms with E-state index in [1.165, 1.54) is 4.68 Å². The Balaban J connectivity index is 2.89. The average molecular weight is 269 g/mol. The van der Waals surface area contributed by atoms with E-state index in [2.05, 4.69) is 5.10 Å². The molecule has 0 amide bonds. The van der Waals surface area contributed by atoms with Crippen LogP contribution in [0.15, 0.2) is 0 Å². The number of aromatic nitrogens is 2. The van der Waals surface area contributed by atoms with Crippen molar-refractivity contribution in [2.45, 2.75) is 51.7 Å². The molecule has 0 N–H and O–H groups in total. The van der Waals surface area contributed by atoms with Gasteiger partial charge in [-0.2, -0.15) is 18.3 Å². The lowest BCUT2D eigenvalue weighted by Crippen LogP contribution is -2.14. The molecule has 0 bridgehead atoms. The minimum absolute atomic E-state index is 0.149. The van der Waals surface area contributed by atoms with Gasteiger partial charge in [0.2, 0.25) is 0 Å². The maximum absolute atomic E-state index is 12.1. The highest BCUT2D eigenvalue weighted by molar-refractivity contribution is 6.20. The van der Waals surface area contributed by atoms with Crippen molar-refractivity contribution in [3.8, 4) is 0 Å². The summed E-state index contributed by atoms with van der Waals surface area (Å²) in [6.07, 6.45) is -4.29. The van der Waals surface area contributed by atoms with E-state index in [1.54, 1.807) is 13.8 Å². The molecule has 2 nitrogen and oxygen atoms in total. The summed E-state index contributed by atoms with van der Waals surface area (Å²) in [6, 6.07) is 0. The van der Waals surface area contributed by atoms with Crippen LogP contribution in [0.2, 0.25) is 0 Å². The molecule has 98 valence electrons. The number of hydrogen-bond acceptors (Lipinski definition) is 1. The highest BCUT2D eigenvalue weighted by Crippen LogP contribution is 2.30. The third kappa shape index (κ3) is 3.63. The quantitative estimate of drug-likeness (QED) is 0.751. The van der Waals surface area contributed by atoms with Crippen LogP contribution in [0.4, 0.5) is 13.2 Å². The highest BCUT2D eigenvalue weighted by Gasteiger charge is 2.28. The zero-order chi connectivity index (χ0) is 13.2. The molecule has 1 heterocycles. The van der Waals surface area contributed by atoms with Gasteiger partial charge < -0.3 is 0 Å². The van der Waals surface area contributed by atoms with E-state index in [9.17, 15) is 13.2 Å². The highest BCUT2D eigenvalue weighted by atomic mass is 35.5. The standard InChI is InChI=1S/C11H16ClF3N2/c1-4-9(12)10-7(2)16-17(8(10)3)6-5-11(13,14)15/h9H,4-6H2,1-3H3. The van der Waals surface area contributed by atoms with Crippen molar-refractivity contribution in [3.05, 3.63) is 17.0 Å². The van der Waals surface area contributed by atoms with Crippen LogP contribution in [0.5, 0.6) is 0 Å². The molecule has 0 aliphatic rings. The molecule has 1 aromatic heterocycles. The van der Waals surface area contributed by atoms with Gasteiger partial charge in [-0.1, -0.05) is 6.92 Å². The fourth-order valence-electron chi connectivity index (χ4n) is 1.82. The first-order valence-electron chi connectivity index (χ1n) is 5.51. The van der Waals surface area contributed by atoms with Crippen LogP contribution in [0.25, 0.3) is 0 Å². The molecule has 1 unspecified atom stereocenters. The van der Waals surface area contributed by atoms with E-state index in [4.69, 9.17) is 11.6 Å². The first-order valence-corrected chi connectivity index (χ1v) is 5.94. The molecule has 1 atom stereocenters. The van der Waals surface area contributed by atoms with Gasteiger partial charge in [-0.3, -0.25) is 4.68 Å². The number of rotatable bonds is 4. The summed E-state index contributed by atoms with van der Waals surface area (Å²) in [7, 11) is 0. The van der Waals surface area contributed by atoms with Crippen molar-refractivity contribution >= 4 is 11.6 Å². The van der Waals surface area contributed by atoms with E-state index in [-0.39, 0.29) is 11.9 Å². The summed E-state index contributed by atoms with van der Waals surface area (Å²) in [4.78, 5) is 0. The van der Waals surface area contributed by atoms with E-state index < -0.39 is 12.6 Å². The van der Waals surface area contributed by atoms with Crippen molar-refractivity contribution in [2.75, 3.05) is 0 Å². The lowest BCUT2D eigenvalue weighted by atomic mass is 10.1. The molecule has 0 radical (unpaired) electrons. The fourth-order valence-corrected chi connectivity index (χ4v) is 2.13. The summed E-state index contributed by atoms with van der Waals surface area (Å²) >= 11 is 6.13. The summed E-state index contributed by atoms with van der Waals surface area (Å²) in [5.74, 6) is 0. The lowest BCUT2D eigenvalue weighted by molar-refractivity contribution is -0.137. The Bertz CT molecular complexity index is 385. The zero-order valence-corrected chi connectivity index (χ0v) is 10.9. The van der Waals surface area contributed by atoms with Gasteiger partial charge in [0, 0.05) is 17.8 Å². The molecular weight excluding hydrogens is 253 g/mol. The van der Waals surface area contributed by atoms with Crippen molar-refractivity contribution in [1.82, 2.24) is 9.78 Å². The van der Waals surface area contributed by atoms with Gasteiger partial charge in [-0.15, -0.1) is 11.6 Å². The minimum atomic E-state index is -4.16. The number of aryl methyl sites for hydroxylation is 2. The molecular formula is C11H16ClF3N2. The van der Waals surface area contributed by atoms with E-state index in [0.717, 1.165) is 17.7 Å². The van der Waals surface area contributed by atoms with E-state index >= 15 is 0 Å². The Morgan fingerprint density at radius 1 is 1.35 bits per heavy atom. The Hall–Kier alpha value is -0.710. The fraction of sp³-hybridized carbons (Fsp3) is 0.727. The van der Waals surface area contributed by atoms with Crippen LogP contribution in [0.3, 0.4) is 0 Å². The van der Waals surface area contributed by atoms with Crippen molar-refractivity contribution < 1.29 is 13.2 Å². The second-order valence-corrected chi connectivity index (χ2v) is 4.58. The summed E-state index contributed by atoms with van der Waals surface area (Å²) < 4.78 is 37.8. The van der Waals surface area contributed by atoms with Crippen molar-refractivity contribution in [2.24, 2.45) is 0 Å². The number of nitrogens with zero attached hydrogens (tertiary/aromatic N) is 2. The molecule has 0 aliphatic carbocycles. The summed E-state index contributed by atoms with van der Waals surface area (Å²) in [5, 5.41) is 3.93. The van der Waals surface area contributed by atoms with Gasteiger partial charge in [0.1, 0.15) is 0 Å². The molecule has 0 saturated carbocycles. The largest absolute Gasteiger partial charge is 0.390 e. The first-order chi connectivity index (χ1) is 7.76. The monoisotopic (exact) mass is 268 g/mol. The van der Waals surface area contributed by atoms with Crippen LogP contribution in [-0.4, -0.2) is 16.0 Å². The van der Waals surface area contributed by atoms with Crippen LogP contribution in [0, 0.1) is 13.8 Å². The van der Waals surface area contributed by atoms with Crippen molar-refractivity contribution in [1.29, 1.82) is 0 Å². The van der Waals surface area contributed by atoms with Gasteiger partial charge in [-0.25, -0.2) is 0 Å². The van der Waals surface area contributed by atoms with Gasteiger partial charge in [0.15, 0.2) is 0 Å². The number of halogens is 4. The second-order valence-electron chi connectivity index (χ2n) is 4.05. The molecule has 0 fully saturated rings. The molecule has 0 saturated heterocycles. The molecule has 0 spiro atoms. The minimum Gasteiger partial charge on any atom is -0.269 e. The summed E-state index contributed by atoms with van der Waals surface area (Å²) in [5.41, 5.74) is 2.30. The molecule has 17 heavy (non-hydrogen) atoms. The SMILES string of the molecule is CCC(Cl)c1c(C)nn(CCC(F)(F)F)c1C. The molecule has 0 aromatic carbocycles. The predicted molar refractivity (Wildman–Crippen MR) is 61.3 cm³/mol. The van der Waals surface area contributed by atoms with Crippen LogP contribution >= 0.6 is 11.6 Å². The second kappa shape index (κ2) is 5.29.